The SMILES string of the molecule is COc1ccc2c(c1)CCCC2(O)CNC(=O)CSC1CCCC1. The average Bonchev–Trinajstić information content (AvgIpc) is 3.11. The van der Waals surface area contributed by atoms with E-state index in [-0.39, 0.29) is 12.5 Å². The van der Waals surface area contributed by atoms with Gasteiger partial charge in [0.1, 0.15) is 11.4 Å². The van der Waals surface area contributed by atoms with Gasteiger partial charge in [-0.3, -0.25) is 4.79 Å². The molecular weight excluding hydrogens is 322 g/mol. The van der Waals surface area contributed by atoms with E-state index in [0.717, 1.165) is 29.7 Å². The molecule has 0 bridgehead atoms. The Hall–Kier alpha value is -1.20. The molecule has 1 atom stereocenters. The van der Waals surface area contributed by atoms with Gasteiger partial charge in [0.05, 0.1) is 19.4 Å². The van der Waals surface area contributed by atoms with Crippen molar-refractivity contribution in [2.75, 3.05) is 19.4 Å². The zero-order chi connectivity index (χ0) is 17.0. The molecule has 0 heterocycles. The minimum absolute atomic E-state index is 0.0287. The first kappa shape index (κ1) is 17.6. The van der Waals surface area contributed by atoms with E-state index >= 15 is 0 Å². The first-order valence-electron chi connectivity index (χ1n) is 8.89. The Bertz CT molecular complexity index is 586. The topological polar surface area (TPSA) is 58.6 Å². The summed E-state index contributed by atoms with van der Waals surface area (Å²) < 4.78 is 5.27. The van der Waals surface area contributed by atoms with Gasteiger partial charge in [0.25, 0.3) is 0 Å². The Morgan fingerprint density at radius 1 is 1.38 bits per heavy atom. The van der Waals surface area contributed by atoms with Crippen molar-refractivity contribution in [3.8, 4) is 5.75 Å². The molecule has 1 aromatic carbocycles. The van der Waals surface area contributed by atoms with E-state index in [9.17, 15) is 9.90 Å². The molecule has 0 aliphatic heterocycles. The molecule has 2 aliphatic carbocycles. The molecular formula is C19H27NO3S. The van der Waals surface area contributed by atoms with Crippen molar-refractivity contribution in [2.45, 2.75) is 55.8 Å². The lowest BCUT2D eigenvalue weighted by Gasteiger charge is -2.35. The monoisotopic (exact) mass is 349 g/mol. The van der Waals surface area contributed by atoms with Gasteiger partial charge in [0.2, 0.25) is 5.91 Å². The van der Waals surface area contributed by atoms with Gasteiger partial charge in [-0.1, -0.05) is 18.9 Å². The van der Waals surface area contributed by atoms with Gasteiger partial charge >= 0.3 is 0 Å². The van der Waals surface area contributed by atoms with Crippen molar-refractivity contribution >= 4 is 17.7 Å². The van der Waals surface area contributed by atoms with Crippen LogP contribution in [0.3, 0.4) is 0 Å². The predicted octanol–water partition coefficient (Wildman–Crippen LogP) is 3.01. The Labute approximate surface area is 148 Å². The van der Waals surface area contributed by atoms with E-state index in [2.05, 4.69) is 5.32 Å². The van der Waals surface area contributed by atoms with Crippen LogP contribution in [0.15, 0.2) is 18.2 Å². The predicted molar refractivity (Wildman–Crippen MR) is 97.6 cm³/mol. The highest BCUT2D eigenvalue weighted by molar-refractivity contribution is 8.00. The molecule has 1 aromatic rings. The molecule has 1 amide bonds. The summed E-state index contributed by atoms with van der Waals surface area (Å²) in [6.07, 6.45) is 7.60. The van der Waals surface area contributed by atoms with Crippen LogP contribution < -0.4 is 10.1 Å². The molecule has 1 fully saturated rings. The van der Waals surface area contributed by atoms with Gasteiger partial charge in [-0.2, -0.15) is 0 Å². The van der Waals surface area contributed by atoms with Gasteiger partial charge in [0, 0.05) is 5.25 Å². The zero-order valence-corrected chi connectivity index (χ0v) is 15.2. The molecule has 5 heteroatoms. The summed E-state index contributed by atoms with van der Waals surface area (Å²) in [4.78, 5) is 12.1. The van der Waals surface area contributed by atoms with Gasteiger partial charge in [-0.15, -0.1) is 11.8 Å². The highest BCUT2D eigenvalue weighted by Gasteiger charge is 2.34. The van der Waals surface area contributed by atoms with Crippen molar-refractivity contribution in [1.82, 2.24) is 5.32 Å². The number of carbonyl (C=O) groups is 1. The Balaban J connectivity index is 1.57. The first-order chi connectivity index (χ1) is 11.6. The normalized spacial score (nSPS) is 23.8. The van der Waals surface area contributed by atoms with E-state index in [0.29, 0.717) is 17.4 Å². The number of fused-ring (bicyclic) bond motifs is 1. The van der Waals surface area contributed by atoms with Crippen LogP contribution in [0.2, 0.25) is 0 Å². The number of methoxy groups -OCH3 is 1. The fraction of sp³-hybridized carbons (Fsp3) is 0.632. The number of hydrogen-bond acceptors (Lipinski definition) is 4. The second-order valence-electron chi connectivity index (χ2n) is 6.90. The van der Waals surface area contributed by atoms with Crippen molar-refractivity contribution in [3.05, 3.63) is 29.3 Å². The number of aryl methyl sites for hydroxylation is 1. The van der Waals surface area contributed by atoms with E-state index in [1.165, 1.54) is 25.7 Å². The third-order valence-electron chi connectivity index (χ3n) is 5.18. The maximum atomic E-state index is 12.1. The van der Waals surface area contributed by atoms with E-state index in [4.69, 9.17) is 4.74 Å². The molecule has 1 saturated carbocycles. The lowest BCUT2D eigenvalue weighted by molar-refractivity contribution is -0.120. The number of carbonyl (C=O) groups excluding carboxylic acids is 1. The molecule has 0 aromatic heterocycles. The quantitative estimate of drug-likeness (QED) is 0.829. The number of nitrogens with one attached hydrogen (secondary N) is 1. The summed E-state index contributed by atoms with van der Waals surface area (Å²) in [5.74, 6) is 1.34. The van der Waals surface area contributed by atoms with Gasteiger partial charge in [-0.05, 0) is 55.4 Å². The van der Waals surface area contributed by atoms with Crippen LogP contribution in [0.1, 0.15) is 49.7 Å². The summed E-state index contributed by atoms with van der Waals surface area (Å²) >= 11 is 1.76. The highest BCUT2D eigenvalue weighted by atomic mass is 32.2. The lowest BCUT2D eigenvalue weighted by atomic mass is 9.79. The smallest absolute Gasteiger partial charge is 0.230 e. The Morgan fingerprint density at radius 2 is 2.17 bits per heavy atom. The molecule has 2 aliphatic rings. The second-order valence-corrected chi connectivity index (χ2v) is 8.19. The molecule has 0 spiro atoms. The van der Waals surface area contributed by atoms with E-state index in [1.54, 1.807) is 18.9 Å². The molecule has 4 nitrogen and oxygen atoms in total. The summed E-state index contributed by atoms with van der Waals surface area (Å²) in [6.45, 7) is 0.288. The maximum absolute atomic E-state index is 12.1. The fourth-order valence-corrected chi connectivity index (χ4v) is 4.95. The van der Waals surface area contributed by atoms with Crippen LogP contribution in [-0.2, 0) is 16.8 Å². The zero-order valence-electron chi connectivity index (χ0n) is 14.3. The van der Waals surface area contributed by atoms with Gasteiger partial charge in [-0.25, -0.2) is 0 Å². The van der Waals surface area contributed by atoms with Crippen LogP contribution >= 0.6 is 11.8 Å². The first-order valence-corrected chi connectivity index (χ1v) is 9.94. The summed E-state index contributed by atoms with van der Waals surface area (Å²) in [7, 11) is 1.65. The van der Waals surface area contributed by atoms with Crippen LogP contribution in [0, 0.1) is 0 Å². The number of aliphatic hydroxyl groups is 1. The van der Waals surface area contributed by atoms with Crippen molar-refractivity contribution < 1.29 is 14.6 Å². The molecule has 0 saturated heterocycles. The van der Waals surface area contributed by atoms with Gasteiger partial charge < -0.3 is 15.2 Å². The van der Waals surface area contributed by atoms with Crippen LogP contribution in [0.25, 0.3) is 0 Å². The lowest BCUT2D eigenvalue weighted by Crippen LogP contribution is -2.43. The largest absolute Gasteiger partial charge is 0.497 e. The molecule has 24 heavy (non-hydrogen) atoms. The van der Waals surface area contributed by atoms with Crippen molar-refractivity contribution in [3.63, 3.8) is 0 Å². The fourth-order valence-electron chi connectivity index (χ4n) is 3.79. The highest BCUT2D eigenvalue weighted by Crippen LogP contribution is 2.36. The Morgan fingerprint density at radius 3 is 2.92 bits per heavy atom. The number of ether oxygens (including phenoxy) is 1. The minimum atomic E-state index is -0.965. The molecule has 2 N–H and O–H groups in total. The number of hydrogen-bond donors (Lipinski definition) is 2. The van der Waals surface area contributed by atoms with Gasteiger partial charge in [0.15, 0.2) is 0 Å². The Kier molecular flexibility index (Phi) is 5.72. The minimum Gasteiger partial charge on any atom is -0.497 e. The number of thioether (sulfide) groups is 1. The summed E-state index contributed by atoms with van der Waals surface area (Å²) in [6, 6.07) is 5.82. The number of benzene rings is 1. The second kappa shape index (κ2) is 7.79. The van der Waals surface area contributed by atoms with Crippen molar-refractivity contribution in [1.29, 1.82) is 0 Å². The summed E-state index contributed by atoms with van der Waals surface area (Å²) in [5, 5.41) is 14.6. The van der Waals surface area contributed by atoms with Crippen LogP contribution in [0.4, 0.5) is 0 Å². The molecule has 3 rings (SSSR count). The maximum Gasteiger partial charge on any atom is 0.230 e. The van der Waals surface area contributed by atoms with Crippen LogP contribution in [-0.4, -0.2) is 35.7 Å². The number of amides is 1. The molecule has 132 valence electrons. The number of rotatable bonds is 6. The standard InChI is InChI=1S/C19H27NO3S/c1-23-15-8-9-17-14(11-15)5-4-10-19(17,22)13-20-18(21)12-24-16-6-2-3-7-16/h8-9,11,16,22H,2-7,10,12-13H2,1H3,(H,20,21). The third kappa shape index (κ3) is 4.06. The van der Waals surface area contributed by atoms with Crippen LogP contribution in [0.5, 0.6) is 5.75 Å². The van der Waals surface area contributed by atoms with E-state index in [1.807, 2.05) is 18.2 Å². The van der Waals surface area contributed by atoms with E-state index < -0.39 is 5.60 Å². The third-order valence-corrected chi connectivity index (χ3v) is 6.55. The molecule has 0 radical (unpaired) electrons. The summed E-state index contributed by atoms with van der Waals surface area (Å²) in [5.41, 5.74) is 1.09. The molecule has 1 unspecified atom stereocenters. The average molecular weight is 349 g/mol. The van der Waals surface area contributed by atoms with Crippen molar-refractivity contribution in [2.24, 2.45) is 0 Å².